The van der Waals surface area contributed by atoms with Crippen molar-refractivity contribution < 1.29 is 0 Å². The first-order valence-electron chi connectivity index (χ1n) is 5.34. The van der Waals surface area contributed by atoms with Crippen molar-refractivity contribution >= 4 is 17.1 Å². The molecule has 2 heterocycles. The van der Waals surface area contributed by atoms with Crippen LogP contribution in [0.15, 0.2) is 9.59 Å². The molecule has 0 saturated carbocycles. The van der Waals surface area contributed by atoms with E-state index in [0.717, 1.165) is 4.57 Å². The van der Waals surface area contributed by atoms with Crippen LogP contribution in [0.1, 0.15) is 6.92 Å². The summed E-state index contributed by atoms with van der Waals surface area (Å²) in [7, 11) is 2.97. The van der Waals surface area contributed by atoms with Crippen LogP contribution in [-0.2, 0) is 14.1 Å². The quantitative estimate of drug-likeness (QED) is 0.694. The van der Waals surface area contributed by atoms with Gasteiger partial charge in [-0.3, -0.25) is 13.9 Å². The van der Waals surface area contributed by atoms with Gasteiger partial charge >= 0.3 is 5.69 Å². The number of rotatable bonds is 2. The smallest absolute Gasteiger partial charge is 0.332 e. The highest BCUT2D eigenvalue weighted by molar-refractivity contribution is 5.72. The summed E-state index contributed by atoms with van der Waals surface area (Å²) in [5.74, 6) is 2.86. The Morgan fingerprint density at radius 3 is 2.67 bits per heavy atom. The van der Waals surface area contributed by atoms with Gasteiger partial charge < -0.3 is 10.3 Å². The fourth-order valence-corrected chi connectivity index (χ4v) is 1.64. The van der Waals surface area contributed by atoms with E-state index in [9.17, 15) is 9.59 Å². The topological polar surface area (TPSA) is 84.7 Å². The molecule has 2 aromatic rings. The van der Waals surface area contributed by atoms with Crippen LogP contribution in [0.5, 0.6) is 0 Å². The Bertz CT molecular complexity index is 759. The van der Waals surface area contributed by atoms with Crippen LogP contribution in [0, 0.1) is 12.3 Å². The van der Waals surface area contributed by atoms with E-state index < -0.39 is 11.2 Å². The number of fused-ring (bicyclic) bond motifs is 1. The first-order chi connectivity index (χ1) is 8.45. The van der Waals surface area contributed by atoms with E-state index >= 15 is 0 Å². The maximum atomic E-state index is 11.9. The fourth-order valence-electron chi connectivity index (χ4n) is 1.64. The molecule has 7 heteroatoms. The van der Waals surface area contributed by atoms with Gasteiger partial charge in [0.1, 0.15) is 0 Å². The van der Waals surface area contributed by atoms with Crippen molar-refractivity contribution in [2.24, 2.45) is 14.1 Å². The standard InChI is InChI=1S/C11H13N5O2/c1-5-6(2)12-10-13-7-8(14-10)15(3)11(18)16(4)9(7)17/h1,6H,2-4H3,(H2,12,13,14). The van der Waals surface area contributed by atoms with Gasteiger partial charge in [-0.05, 0) is 6.92 Å². The number of terminal acetylenes is 1. The third-order valence-electron chi connectivity index (χ3n) is 2.70. The van der Waals surface area contributed by atoms with Gasteiger partial charge in [-0.25, -0.2) is 4.79 Å². The Labute approximate surface area is 102 Å². The molecular formula is C11H13N5O2. The molecule has 1 unspecified atom stereocenters. The number of imidazole rings is 1. The first kappa shape index (κ1) is 12.0. The molecule has 0 saturated heterocycles. The largest absolute Gasteiger partial charge is 0.342 e. The predicted octanol–water partition coefficient (Wildman–Crippen LogP) is -0.606. The minimum absolute atomic E-state index is 0.230. The highest BCUT2D eigenvalue weighted by Crippen LogP contribution is 2.08. The van der Waals surface area contributed by atoms with E-state index in [1.807, 2.05) is 0 Å². The lowest BCUT2D eigenvalue weighted by Crippen LogP contribution is -2.36. The summed E-state index contributed by atoms with van der Waals surface area (Å²) in [4.78, 5) is 30.6. The number of hydrogen-bond acceptors (Lipinski definition) is 4. The predicted molar refractivity (Wildman–Crippen MR) is 68.5 cm³/mol. The third kappa shape index (κ3) is 1.68. The first-order valence-corrected chi connectivity index (χ1v) is 5.34. The Kier molecular flexibility index (Phi) is 2.71. The van der Waals surface area contributed by atoms with E-state index in [-0.39, 0.29) is 11.6 Å². The Morgan fingerprint density at radius 2 is 2.06 bits per heavy atom. The maximum Gasteiger partial charge on any atom is 0.332 e. The third-order valence-corrected chi connectivity index (χ3v) is 2.70. The zero-order valence-corrected chi connectivity index (χ0v) is 10.3. The van der Waals surface area contributed by atoms with Crippen LogP contribution in [0.3, 0.4) is 0 Å². The van der Waals surface area contributed by atoms with Gasteiger partial charge in [-0.1, -0.05) is 5.92 Å². The average Bonchev–Trinajstić information content (AvgIpc) is 2.77. The molecule has 0 aliphatic carbocycles. The summed E-state index contributed by atoms with van der Waals surface area (Å²) < 4.78 is 2.33. The lowest BCUT2D eigenvalue weighted by molar-refractivity contribution is 0.709. The second-order valence-corrected chi connectivity index (χ2v) is 4.02. The van der Waals surface area contributed by atoms with Crippen molar-refractivity contribution in [3.05, 3.63) is 20.8 Å². The normalized spacial score (nSPS) is 12.3. The van der Waals surface area contributed by atoms with Crippen molar-refractivity contribution in [2.75, 3.05) is 5.32 Å². The van der Waals surface area contributed by atoms with Crippen molar-refractivity contribution in [3.8, 4) is 12.3 Å². The molecule has 0 bridgehead atoms. The fraction of sp³-hybridized carbons (Fsp3) is 0.364. The highest BCUT2D eigenvalue weighted by atomic mass is 16.2. The SMILES string of the molecule is C#CC(C)Nc1nc2c([nH]1)c(=O)n(C)c(=O)n2C. The monoisotopic (exact) mass is 247 g/mol. The summed E-state index contributed by atoms with van der Waals surface area (Å²) in [6.07, 6.45) is 5.25. The lowest BCUT2D eigenvalue weighted by Gasteiger charge is -2.03. The number of anilines is 1. The van der Waals surface area contributed by atoms with Crippen LogP contribution < -0.4 is 16.6 Å². The summed E-state index contributed by atoms with van der Waals surface area (Å²) in [5.41, 5.74) is -0.265. The number of aryl methyl sites for hydroxylation is 1. The second kappa shape index (κ2) is 4.07. The molecule has 7 nitrogen and oxygen atoms in total. The van der Waals surface area contributed by atoms with Gasteiger partial charge in [0.15, 0.2) is 11.2 Å². The van der Waals surface area contributed by atoms with Crippen LogP contribution in [0.2, 0.25) is 0 Å². The minimum atomic E-state index is -0.421. The molecule has 2 aromatic heterocycles. The summed E-state index contributed by atoms with van der Waals surface area (Å²) in [6, 6.07) is -0.230. The number of H-pyrrole nitrogens is 1. The molecule has 0 aliphatic heterocycles. The van der Waals surface area contributed by atoms with Crippen LogP contribution in [0.4, 0.5) is 5.95 Å². The molecule has 0 spiro atoms. The van der Waals surface area contributed by atoms with Crippen molar-refractivity contribution in [1.82, 2.24) is 19.1 Å². The van der Waals surface area contributed by atoms with E-state index in [2.05, 4.69) is 21.2 Å². The molecule has 0 aliphatic rings. The van der Waals surface area contributed by atoms with Crippen molar-refractivity contribution in [3.63, 3.8) is 0 Å². The molecule has 2 N–H and O–H groups in total. The van der Waals surface area contributed by atoms with Crippen molar-refractivity contribution in [1.29, 1.82) is 0 Å². The number of hydrogen-bond donors (Lipinski definition) is 2. The van der Waals surface area contributed by atoms with Gasteiger partial charge in [0, 0.05) is 14.1 Å². The Morgan fingerprint density at radius 1 is 1.39 bits per heavy atom. The molecule has 18 heavy (non-hydrogen) atoms. The molecule has 0 fully saturated rings. The number of aromatic amines is 1. The van der Waals surface area contributed by atoms with Gasteiger partial charge in [-0.15, -0.1) is 6.42 Å². The average molecular weight is 247 g/mol. The maximum absolute atomic E-state index is 11.9. The van der Waals surface area contributed by atoms with Crippen LogP contribution >= 0.6 is 0 Å². The van der Waals surface area contributed by atoms with Gasteiger partial charge in [0.05, 0.1) is 6.04 Å². The van der Waals surface area contributed by atoms with Crippen LogP contribution in [-0.4, -0.2) is 25.1 Å². The van der Waals surface area contributed by atoms with Crippen LogP contribution in [0.25, 0.3) is 11.2 Å². The molecular weight excluding hydrogens is 234 g/mol. The summed E-state index contributed by atoms with van der Waals surface area (Å²) >= 11 is 0. The summed E-state index contributed by atoms with van der Waals surface area (Å²) in [6.45, 7) is 1.78. The van der Waals surface area contributed by atoms with E-state index in [1.54, 1.807) is 14.0 Å². The zero-order chi connectivity index (χ0) is 13.4. The number of nitrogens with zero attached hydrogens (tertiary/aromatic N) is 3. The van der Waals surface area contributed by atoms with E-state index in [0.29, 0.717) is 11.6 Å². The Hall–Kier alpha value is -2.49. The zero-order valence-electron chi connectivity index (χ0n) is 10.3. The molecule has 94 valence electrons. The van der Waals surface area contributed by atoms with Gasteiger partial charge in [-0.2, -0.15) is 4.98 Å². The van der Waals surface area contributed by atoms with Gasteiger partial charge in [0.25, 0.3) is 5.56 Å². The molecule has 0 amide bonds. The summed E-state index contributed by atoms with van der Waals surface area (Å²) in [5, 5.41) is 2.91. The number of nitrogens with one attached hydrogen (secondary N) is 2. The molecule has 0 radical (unpaired) electrons. The van der Waals surface area contributed by atoms with E-state index in [1.165, 1.54) is 11.6 Å². The minimum Gasteiger partial charge on any atom is -0.342 e. The Balaban J connectivity index is 2.70. The van der Waals surface area contributed by atoms with Gasteiger partial charge in [0.2, 0.25) is 5.95 Å². The highest BCUT2D eigenvalue weighted by Gasteiger charge is 2.13. The van der Waals surface area contributed by atoms with Crippen molar-refractivity contribution in [2.45, 2.75) is 13.0 Å². The lowest BCUT2D eigenvalue weighted by atomic mass is 10.4. The second-order valence-electron chi connectivity index (χ2n) is 4.02. The number of aromatic nitrogens is 4. The molecule has 0 aromatic carbocycles. The van der Waals surface area contributed by atoms with E-state index in [4.69, 9.17) is 6.42 Å². The molecule has 2 rings (SSSR count). The molecule has 1 atom stereocenters.